The maximum absolute atomic E-state index is 12.6. The van der Waals surface area contributed by atoms with Crippen LogP contribution in [0, 0.1) is 5.41 Å². The molecule has 0 aromatic heterocycles. The standard InChI is InChI=1S/C18H22O8/c1-8-5-12-17(6-11(8)21,26-10(3)20)16(4)14(24-9(2)19)13(22)15(25-12)18(16)7-23-18/h5,12-15,22H,6-7H2,1-4H3/t12-,13-,14?,15-,16-,17?,18+/m1/s1. The van der Waals surface area contributed by atoms with Crippen LogP contribution >= 0.6 is 0 Å². The molecule has 0 aromatic carbocycles. The minimum atomic E-state index is -1.43. The zero-order valence-corrected chi connectivity index (χ0v) is 15.1. The molecule has 0 aromatic rings. The summed E-state index contributed by atoms with van der Waals surface area (Å²) in [6.45, 7) is 6.17. The van der Waals surface area contributed by atoms with Gasteiger partial charge in [-0.25, -0.2) is 0 Å². The molecule has 2 bridgehead atoms. The van der Waals surface area contributed by atoms with E-state index in [0.29, 0.717) is 5.57 Å². The Hall–Kier alpha value is -1.77. The van der Waals surface area contributed by atoms with Crippen molar-refractivity contribution in [1.29, 1.82) is 0 Å². The first kappa shape index (κ1) is 17.6. The molecular weight excluding hydrogens is 344 g/mol. The Morgan fingerprint density at radius 2 is 1.96 bits per heavy atom. The smallest absolute Gasteiger partial charge is 0.303 e. The predicted molar refractivity (Wildman–Crippen MR) is 84.9 cm³/mol. The number of Topliss-reactive ketones (excluding diaryl/α,β-unsaturated/α-hetero) is 1. The van der Waals surface area contributed by atoms with Crippen LogP contribution < -0.4 is 0 Å². The minimum Gasteiger partial charge on any atom is -0.459 e. The van der Waals surface area contributed by atoms with Gasteiger partial charge in [0.05, 0.1) is 18.4 Å². The molecule has 2 heterocycles. The molecule has 0 amide bonds. The summed E-state index contributed by atoms with van der Waals surface area (Å²) in [4.78, 5) is 36.3. The average Bonchev–Trinajstić information content (AvgIpc) is 3.30. The number of carbonyl (C=O) groups is 3. The third kappa shape index (κ3) is 1.87. The van der Waals surface area contributed by atoms with Crippen LogP contribution in [0.5, 0.6) is 0 Å². The Bertz CT molecular complexity index is 737. The van der Waals surface area contributed by atoms with Crippen LogP contribution in [0.1, 0.15) is 34.1 Å². The summed E-state index contributed by atoms with van der Waals surface area (Å²) in [5.41, 5.74) is -3.04. The zero-order chi connectivity index (χ0) is 19.1. The molecule has 4 rings (SSSR count). The second-order valence-corrected chi connectivity index (χ2v) is 7.81. The van der Waals surface area contributed by atoms with Gasteiger partial charge in [-0.1, -0.05) is 0 Å². The number of fused-ring (bicyclic) bond motifs is 2. The van der Waals surface area contributed by atoms with E-state index in [1.54, 1.807) is 19.9 Å². The van der Waals surface area contributed by atoms with E-state index in [1.807, 2.05) is 0 Å². The Balaban J connectivity index is 1.94. The van der Waals surface area contributed by atoms with Crippen LogP contribution in [0.3, 0.4) is 0 Å². The summed E-state index contributed by atoms with van der Waals surface area (Å²) < 4.78 is 23.0. The Labute approximate surface area is 150 Å². The monoisotopic (exact) mass is 366 g/mol. The fourth-order valence-corrected chi connectivity index (χ4v) is 5.19. The number of epoxide rings is 1. The van der Waals surface area contributed by atoms with E-state index in [9.17, 15) is 19.5 Å². The van der Waals surface area contributed by atoms with Crippen molar-refractivity contribution < 1.29 is 38.4 Å². The summed E-state index contributed by atoms with van der Waals surface area (Å²) in [6, 6.07) is 0. The van der Waals surface area contributed by atoms with Crippen molar-refractivity contribution in [3.8, 4) is 0 Å². The van der Waals surface area contributed by atoms with E-state index in [4.69, 9.17) is 18.9 Å². The number of rotatable bonds is 2. The van der Waals surface area contributed by atoms with E-state index in [0.717, 1.165) is 0 Å². The van der Waals surface area contributed by atoms with Gasteiger partial charge in [-0.3, -0.25) is 14.4 Å². The Morgan fingerprint density at radius 1 is 1.31 bits per heavy atom. The van der Waals surface area contributed by atoms with Crippen molar-refractivity contribution in [2.75, 3.05) is 6.61 Å². The molecule has 2 unspecified atom stereocenters. The van der Waals surface area contributed by atoms with E-state index in [-0.39, 0.29) is 18.8 Å². The molecule has 8 nitrogen and oxygen atoms in total. The summed E-state index contributed by atoms with van der Waals surface area (Å²) in [7, 11) is 0. The van der Waals surface area contributed by atoms with Crippen molar-refractivity contribution in [3.63, 3.8) is 0 Å². The number of hydrogen-bond acceptors (Lipinski definition) is 8. The molecule has 142 valence electrons. The SMILES string of the molecule is CC(=O)OC1[C@@H](O)[C@H]2O[C@@H]3C=C(C)C(=O)CC3(OC(C)=O)[C@]1(C)[C@]21CO1. The molecule has 0 radical (unpaired) electrons. The van der Waals surface area contributed by atoms with Crippen LogP contribution in [0.15, 0.2) is 11.6 Å². The van der Waals surface area contributed by atoms with Gasteiger partial charge in [-0.15, -0.1) is 0 Å². The molecule has 1 saturated carbocycles. The predicted octanol–water partition coefficient (Wildman–Crippen LogP) is 0.0563. The number of allylic oxidation sites excluding steroid dienone is 1. The molecule has 1 N–H and O–H groups in total. The van der Waals surface area contributed by atoms with Crippen molar-refractivity contribution >= 4 is 17.7 Å². The lowest BCUT2D eigenvalue weighted by molar-refractivity contribution is -0.261. The Kier molecular flexibility index (Phi) is 3.49. The summed E-state index contributed by atoms with van der Waals surface area (Å²) in [5.74, 6) is -1.36. The molecule has 7 atom stereocenters. The molecular formula is C18H22O8. The van der Waals surface area contributed by atoms with Gasteiger partial charge < -0.3 is 24.1 Å². The number of aliphatic hydroxyl groups is 1. The molecule has 1 spiro atoms. The van der Waals surface area contributed by atoms with Gasteiger partial charge in [-0.05, 0) is 25.5 Å². The lowest BCUT2D eigenvalue weighted by atomic mass is 9.57. The molecule has 2 aliphatic heterocycles. The van der Waals surface area contributed by atoms with Gasteiger partial charge >= 0.3 is 11.9 Å². The Morgan fingerprint density at radius 3 is 2.50 bits per heavy atom. The van der Waals surface area contributed by atoms with Crippen molar-refractivity contribution in [3.05, 3.63) is 11.6 Å². The number of ketones is 1. The van der Waals surface area contributed by atoms with Crippen molar-refractivity contribution in [2.24, 2.45) is 5.41 Å². The molecule has 4 aliphatic rings. The highest BCUT2D eigenvalue weighted by atomic mass is 16.7. The first-order valence-electron chi connectivity index (χ1n) is 8.65. The van der Waals surface area contributed by atoms with Crippen molar-refractivity contribution in [1.82, 2.24) is 0 Å². The molecule has 2 saturated heterocycles. The third-order valence-electron chi connectivity index (χ3n) is 6.50. The second kappa shape index (κ2) is 5.15. The zero-order valence-electron chi connectivity index (χ0n) is 15.1. The first-order valence-corrected chi connectivity index (χ1v) is 8.65. The van der Waals surface area contributed by atoms with Crippen LogP contribution in [0.4, 0.5) is 0 Å². The van der Waals surface area contributed by atoms with E-state index in [2.05, 4.69) is 0 Å². The highest BCUT2D eigenvalue weighted by Gasteiger charge is 2.87. The summed E-state index contributed by atoms with van der Waals surface area (Å²) >= 11 is 0. The quantitative estimate of drug-likeness (QED) is 0.539. The lowest BCUT2D eigenvalue weighted by Gasteiger charge is -2.56. The second-order valence-electron chi connectivity index (χ2n) is 7.81. The number of aliphatic hydroxyl groups excluding tert-OH is 1. The highest BCUT2D eigenvalue weighted by Crippen LogP contribution is 2.69. The van der Waals surface area contributed by atoms with E-state index >= 15 is 0 Å². The number of hydrogen-bond donors (Lipinski definition) is 1. The first-order chi connectivity index (χ1) is 12.1. The topological polar surface area (TPSA) is 112 Å². The normalized spacial score (nSPS) is 48.7. The maximum atomic E-state index is 12.6. The van der Waals surface area contributed by atoms with Gasteiger partial charge in [0.15, 0.2) is 11.4 Å². The van der Waals surface area contributed by atoms with Crippen LogP contribution in [-0.2, 0) is 33.3 Å². The van der Waals surface area contributed by atoms with Crippen molar-refractivity contribution in [2.45, 2.75) is 69.7 Å². The minimum absolute atomic E-state index is 0.127. The van der Waals surface area contributed by atoms with Gasteiger partial charge in [0.25, 0.3) is 0 Å². The third-order valence-corrected chi connectivity index (χ3v) is 6.50. The highest BCUT2D eigenvalue weighted by molar-refractivity contribution is 5.97. The van der Waals surface area contributed by atoms with Crippen LogP contribution in [0.2, 0.25) is 0 Å². The molecule has 2 aliphatic carbocycles. The summed E-state index contributed by atoms with van der Waals surface area (Å²) in [5, 5.41) is 10.8. The maximum Gasteiger partial charge on any atom is 0.303 e. The molecule has 26 heavy (non-hydrogen) atoms. The van der Waals surface area contributed by atoms with E-state index < -0.39 is 53.0 Å². The average molecular weight is 366 g/mol. The fraction of sp³-hybridized carbons (Fsp3) is 0.722. The molecule has 3 fully saturated rings. The number of esters is 2. The molecule has 8 heteroatoms. The van der Waals surface area contributed by atoms with Gasteiger partial charge in [0, 0.05) is 13.8 Å². The number of carbonyl (C=O) groups excluding carboxylic acids is 3. The van der Waals surface area contributed by atoms with Crippen LogP contribution in [-0.4, -0.2) is 65.1 Å². The van der Waals surface area contributed by atoms with E-state index in [1.165, 1.54) is 13.8 Å². The number of ether oxygens (including phenoxy) is 4. The van der Waals surface area contributed by atoms with Gasteiger partial charge in [0.1, 0.15) is 30.0 Å². The van der Waals surface area contributed by atoms with Gasteiger partial charge in [0.2, 0.25) is 0 Å². The van der Waals surface area contributed by atoms with Crippen LogP contribution in [0.25, 0.3) is 0 Å². The fourth-order valence-electron chi connectivity index (χ4n) is 5.19. The van der Waals surface area contributed by atoms with Gasteiger partial charge in [-0.2, -0.15) is 0 Å². The summed E-state index contributed by atoms with van der Waals surface area (Å²) in [6.07, 6.45) is -2.19. The lowest BCUT2D eigenvalue weighted by Crippen LogP contribution is -2.71. The largest absolute Gasteiger partial charge is 0.459 e.